The van der Waals surface area contributed by atoms with Crippen molar-refractivity contribution in [1.82, 2.24) is 0 Å². The van der Waals surface area contributed by atoms with E-state index >= 15 is 0 Å². The van der Waals surface area contributed by atoms with Crippen LogP contribution in [0.1, 0.15) is 33.1 Å². The van der Waals surface area contributed by atoms with Gasteiger partial charge in [0.05, 0.1) is 21.5 Å². The normalized spacial score (nSPS) is 12.8. The summed E-state index contributed by atoms with van der Waals surface area (Å²) >= 11 is 12.7. The van der Waals surface area contributed by atoms with Crippen molar-refractivity contribution in [2.75, 3.05) is 5.75 Å². The molecule has 0 aliphatic carbocycles. The van der Waals surface area contributed by atoms with Gasteiger partial charge in [0.15, 0.2) is 0 Å². The molecule has 0 saturated carbocycles. The predicted octanol–water partition coefficient (Wildman–Crippen LogP) is 6.93. The second-order valence-corrected chi connectivity index (χ2v) is 6.25. The number of aliphatic imine (C=N–C) groups is 1. The first-order valence-electron chi connectivity index (χ1n) is 6.51. The Bertz CT molecular complexity index is 516. The van der Waals surface area contributed by atoms with Crippen molar-refractivity contribution in [2.24, 2.45) is 4.99 Å². The molecular formula is C14H16Cl2F3NS. The van der Waals surface area contributed by atoms with E-state index in [0.29, 0.717) is 27.4 Å². The Morgan fingerprint density at radius 2 is 1.86 bits per heavy atom. The molecule has 0 atom stereocenters. The van der Waals surface area contributed by atoms with Gasteiger partial charge in [0.25, 0.3) is 0 Å². The second-order valence-electron chi connectivity index (χ2n) is 4.42. The van der Waals surface area contributed by atoms with Gasteiger partial charge in [0, 0.05) is 10.6 Å². The molecule has 0 spiro atoms. The zero-order chi connectivity index (χ0) is 16.0. The molecule has 1 rings (SSSR count). The Morgan fingerprint density at radius 3 is 2.38 bits per heavy atom. The SMILES string of the molecule is CCCC(CC)=Nc1cc(SCC(F)(F)F)c(Cl)cc1Cl. The van der Waals surface area contributed by atoms with Crippen LogP contribution in [0.15, 0.2) is 22.0 Å². The number of hydrogen-bond acceptors (Lipinski definition) is 2. The number of alkyl halides is 3. The third kappa shape index (κ3) is 6.49. The Kier molecular flexibility index (Phi) is 7.37. The van der Waals surface area contributed by atoms with Crippen molar-refractivity contribution in [2.45, 2.75) is 44.2 Å². The maximum Gasteiger partial charge on any atom is 0.398 e. The number of hydrogen-bond donors (Lipinski definition) is 0. The first kappa shape index (κ1) is 18.7. The van der Waals surface area contributed by atoms with E-state index in [1.807, 2.05) is 13.8 Å². The zero-order valence-electron chi connectivity index (χ0n) is 11.7. The Morgan fingerprint density at radius 1 is 1.19 bits per heavy atom. The summed E-state index contributed by atoms with van der Waals surface area (Å²) in [5.41, 5.74) is 1.43. The van der Waals surface area contributed by atoms with Crippen molar-refractivity contribution in [3.8, 4) is 0 Å². The van der Waals surface area contributed by atoms with E-state index in [-0.39, 0.29) is 5.02 Å². The fraction of sp³-hybridized carbons (Fsp3) is 0.500. The summed E-state index contributed by atoms with van der Waals surface area (Å²) in [6.07, 6.45) is -1.68. The van der Waals surface area contributed by atoms with Gasteiger partial charge in [-0.2, -0.15) is 13.2 Å². The summed E-state index contributed by atoms with van der Waals surface area (Å²) in [6, 6.07) is 2.96. The van der Waals surface area contributed by atoms with Gasteiger partial charge in [0.2, 0.25) is 0 Å². The van der Waals surface area contributed by atoms with Crippen LogP contribution >= 0.6 is 35.0 Å². The van der Waals surface area contributed by atoms with Crippen LogP contribution in [-0.4, -0.2) is 17.6 Å². The van der Waals surface area contributed by atoms with E-state index in [4.69, 9.17) is 23.2 Å². The maximum atomic E-state index is 12.3. The van der Waals surface area contributed by atoms with Gasteiger partial charge in [-0.05, 0) is 25.0 Å². The van der Waals surface area contributed by atoms with Crippen molar-refractivity contribution in [1.29, 1.82) is 0 Å². The highest BCUT2D eigenvalue weighted by Crippen LogP contribution is 2.38. The minimum absolute atomic E-state index is 0.210. The first-order chi connectivity index (χ1) is 9.76. The fourth-order valence-corrected chi connectivity index (χ4v) is 2.94. The summed E-state index contributed by atoms with van der Waals surface area (Å²) in [7, 11) is 0. The van der Waals surface area contributed by atoms with E-state index in [1.165, 1.54) is 12.1 Å². The standard InChI is InChI=1S/C14H16Cl2F3NS/c1-3-5-9(4-2)20-12-7-13(11(16)6-10(12)15)21-8-14(17,18)19/h6-7H,3-5,8H2,1-2H3. The lowest BCUT2D eigenvalue weighted by atomic mass is 10.2. The minimum Gasteiger partial charge on any atom is -0.256 e. The van der Waals surface area contributed by atoms with Crippen molar-refractivity contribution in [3.05, 3.63) is 22.2 Å². The van der Waals surface area contributed by atoms with Crippen LogP contribution < -0.4 is 0 Å². The molecule has 0 unspecified atom stereocenters. The summed E-state index contributed by atoms with van der Waals surface area (Å²) < 4.78 is 36.9. The van der Waals surface area contributed by atoms with Gasteiger partial charge in [-0.15, -0.1) is 11.8 Å². The molecule has 0 radical (unpaired) electrons. The van der Waals surface area contributed by atoms with Crippen LogP contribution in [0.4, 0.5) is 18.9 Å². The molecule has 21 heavy (non-hydrogen) atoms. The third-order valence-electron chi connectivity index (χ3n) is 2.62. The number of thioether (sulfide) groups is 1. The Labute approximate surface area is 136 Å². The predicted molar refractivity (Wildman–Crippen MR) is 85.5 cm³/mol. The lowest BCUT2D eigenvalue weighted by molar-refractivity contribution is -0.105. The summed E-state index contributed by atoms with van der Waals surface area (Å²) in [5.74, 6) is -0.993. The molecule has 0 amide bonds. The Balaban J connectivity index is 3.05. The van der Waals surface area contributed by atoms with E-state index in [2.05, 4.69) is 4.99 Å². The molecular weight excluding hydrogens is 342 g/mol. The Hall–Kier alpha value is -0.390. The van der Waals surface area contributed by atoms with Crippen molar-refractivity contribution < 1.29 is 13.2 Å². The topological polar surface area (TPSA) is 12.4 Å². The average Bonchev–Trinajstić information content (AvgIpc) is 2.38. The highest BCUT2D eigenvalue weighted by molar-refractivity contribution is 7.99. The van der Waals surface area contributed by atoms with Gasteiger partial charge >= 0.3 is 6.18 Å². The lowest BCUT2D eigenvalue weighted by Gasteiger charge is -2.10. The average molecular weight is 358 g/mol. The number of halogens is 5. The molecule has 0 fully saturated rings. The summed E-state index contributed by atoms with van der Waals surface area (Å²) in [4.78, 5) is 4.78. The van der Waals surface area contributed by atoms with E-state index in [0.717, 1.165) is 25.0 Å². The number of benzene rings is 1. The smallest absolute Gasteiger partial charge is 0.256 e. The van der Waals surface area contributed by atoms with Gasteiger partial charge in [-0.1, -0.05) is 43.5 Å². The van der Waals surface area contributed by atoms with Gasteiger partial charge in [0.1, 0.15) is 0 Å². The summed E-state index contributed by atoms with van der Waals surface area (Å²) in [5, 5.41) is 0.556. The molecule has 1 aromatic carbocycles. The van der Waals surface area contributed by atoms with Crippen LogP contribution in [0.25, 0.3) is 0 Å². The van der Waals surface area contributed by atoms with Crippen LogP contribution in [0.3, 0.4) is 0 Å². The molecule has 0 aromatic heterocycles. The van der Waals surface area contributed by atoms with Crippen LogP contribution in [0, 0.1) is 0 Å². The van der Waals surface area contributed by atoms with E-state index in [1.54, 1.807) is 0 Å². The molecule has 0 N–H and O–H groups in total. The number of rotatable bonds is 6. The monoisotopic (exact) mass is 357 g/mol. The molecule has 118 valence electrons. The highest BCUT2D eigenvalue weighted by Gasteiger charge is 2.27. The quantitative estimate of drug-likeness (QED) is 0.397. The van der Waals surface area contributed by atoms with Gasteiger partial charge < -0.3 is 0 Å². The van der Waals surface area contributed by atoms with Crippen molar-refractivity contribution >= 4 is 46.4 Å². The first-order valence-corrected chi connectivity index (χ1v) is 8.26. The van der Waals surface area contributed by atoms with E-state index in [9.17, 15) is 13.2 Å². The number of nitrogens with zero attached hydrogens (tertiary/aromatic N) is 1. The zero-order valence-corrected chi connectivity index (χ0v) is 14.1. The van der Waals surface area contributed by atoms with Crippen LogP contribution in [-0.2, 0) is 0 Å². The molecule has 0 aliphatic rings. The van der Waals surface area contributed by atoms with Gasteiger partial charge in [-0.3, -0.25) is 4.99 Å². The van der Waals surface area contributed by atoms with Crippen molar-refractivity contribution in [3.63, 3.8) is 0 Å². The summed E-state index contributed by atoms with van der Waals surface area (Å²) in [6.45, 7) is 4.02. The third-order valence-corrected chi connectivity index (χ3v) is 4.47. The molecule has 0 saturated heterocycles. The largest absolute Gasteiger partial charge is 0.398 e. The van der Waals surface area contributed by atoms with Crippen LogP contribution in [0.2, 0.25) is 10.0 Å². The minimum atomic E-state index is -4.24. The highest BCUT2D eigenvalue weighted by atomic mass is 35.5. The van der Waals surface area contributed by atoms with E-state index < -0.39 is 11.9 Å². The maximum absolute atomic E-state index is 12.3. The lowest BCUT2D eigenvalue weighted by Crippen LogP contribution is -2.10. The molecule has 7 heteroatoms. The second kappa shape index (κ2) is 8.30. The molecule has 0 bridgehead atoms. The molecule has 0 aliphatic heterocycles. The molecule has 0 heterocycles. The fourth-order valence-electron chi connectivity index (χ4n) is 1.64. The molecule has 1 aromatic rings. The van der Waals surface area contributed by atoms with Gasteiger partial charge in [-0.25, -0.2) is 0 Å². The van der Waals surface area contributed by atoms with Crippen LogP contribution in [0.5, 0.6) is 0 Å². The molecule has 1 nitrogen and oxygen atoms in total.